The maximum atomic E-state index is 5.57. The lowest BCUT2D eigenvalue weighted by Gasteiger charge is -2.19. The predicted octanol–water partition coefficient (Wildman–Crippen LogP) is 10.9. The normalized spacial score (nSPS) is 13.5. The van der Waals surface area contributed by atoms with Crippen LogP contribution in [0, 0.1) is 0 Å². The van der Waals surface area contributed by atoms with Crippen molar-refractivity contribution in [3.05, 3.63) is 152 Å². The van der Waals surface area contributed by atoms with Crippen molar-refractivity contribution in [1.29, 1.82) is 0 Å². The van der Waals surface area contributed by atoms with E-state index in [9.17, 15) is 0 Å². The zero-order chi connectivity index (χ0) is 33.8. The summed E-state index contributed by atoms with van der Waals surface area (Å²) in [6, 6.07) is 53.0. The molecule has 0 bridgehead atoms. The summed E-state index contributed by atoms with van der Waals surface area (Å²) in [5.74, 6) is 0. The Morgan fingerprint density at radius 1 is 0.451 bits per heavy atom. The number of aromatic nitrogens is 3. The van der Waals surface area contributed by atoms with Gasteiger partial charge in [0.05, 0.1) is 27.9 Å². The molecule has 0 aliphatic carbocycles. The van der Waals surface area contributed by atoms with Crippen molar-refractivity contribution in [1.82, 2.24) is 15.0 Å². The van der Waals surface area contributed by atoms with Gasteiger partial charge in [-0.15, -0.1) is 0 Å². The zero-order valence-corrected chi connectivity index (χ0v) is 29.3. The maximum absolute atomic E-state index is 5.57. The van der Waals surface area contributed by atoms with Gasteiger partial charge in [-0.1, -0.05) is 128 Å². The summed E-state index contributed by atoms with van der Waals surface area (Å²) < 4.78 is 0. The van der Waals surface area contributed by atoms with Gasteiger partial charge in [0, 0.05) is 38.9 Å². The maximum Gasteiger partial charge on any atom is 0.113 e. The third-order valence-corrected chi connectivity index (χ3v) is 14.8. The summed E-state index contributed by atoms with van der Waals surface area (Å²) in [5.41, 5.74) is 9.81. The quantitative estimate of drug-likeness (QED) is 0.105. The molecule has 4 heterocycles. The van der Waals surface area contributed by atoms with Gasteiger partial charge in [0.2, 0.25) is 0 Å². The Bertz CT molecular complexity index is 3130. The lowest BCUT2D eigenvalue weighted by atomic mass is 9.90. The lowest BCUT2D eigenvalue weighted by molar-refractivity contribution is 1.37. The number of benzene rings is 7. The van der Waals surface area contributed by atoms with Crippen LogP contribution in [0.5, 0.6) is 0 Å². The minimum absolute atomic E-state index is 0.922. The zero-order valence-electron chi connectivity index (χ0n) is 28.3. The number of pyridine rings is 3. The number of fused-ring (bicyclic) bond motifs is 12. The highest BCUT2D eigenvalue weighted by Crippen LogP contribution is 2.43. The standard InChI is InChI=1S/C47H31N3Si/c1-51(2)41-16-8-7-15-36(41)44-42(51)24-23-40-43(44)33-13-5-6-14-34(33)47(50-40)35-21-20-32(37-26-30-10-3-4-11-31(30)27-38(35)37)39-22-19-29-18-17-28-12-9-25-48-45(28)46(29)49-39/h3-27H,1-2H3. The molecule has 238 valence electrons. The van der Waals surface area contributed by atoms with E-state index in [0.717, 1.165) is 55.2 Å². The molecule has 7 aromatic carbocycles. The summed E-state index contributed by atoms with van der Waals surface area (Å²) >= 11 is 0. The molecule has 0 amide bonds. The highest BCUT2D eigenvalue weighted by Gasteiger charge is 2.38. The molecule has 1 aliphatic heterocycles. The Labute approximate surface area is 295 Å². The van der Waals surface area contributed by atoms with Crippen LogP contribution in [0.3, 0.4) is 0 Å². The van der Waals surface area contributed by atoms with Gasteiger partial charge in [-0.3, -0.25) is 4.98 Å². The molecule has 1 aliphatic rings. The molecular formula is C47H31N3Si. The second-order valence-electron chi connectivity index (χ2n) is 14.4. The van der Waals surface area contributed by atoms with Gasteiger partial charge in [-0.25, -0.2) is 9.97 Å². The van der Waals surface area contributed by atoms with E-state index in [1.165, 1.54) is 53.8 Å². The van der Waals surface area contributed by atoms with Crippen LogP contribution in [0.1, 0.15) is 0 Å². The summed E-state index contributed by atoms with van der Waals surface area (Å²) in [4.78, 5) is 15.6. The van der Waals surface area contributed by atoms with E-state index < -0.39 is 8.07 Å². The van der Waals surface area contributed by atoms with E-state index in [1.807, 2.05) is 12.3 Å². The SMILES string of the molecule is C[Si]1(C)c2ccccc2-c2c1ccc1nc(-c3ccc(-c4ccc5ccc6cccnc6c5n4)c4cc5ccccc5cc34)c3ccccc3c21. The van der Waals surface area contributed by atoms with Gasteiger partial charge < -0.3 is 0 Å². The fraction of sp³-hybridized carbons (Fsp3) is 0.0426. The summed E-state index contributed by atoms with van der Waals surface area (Å²) in [6.07, 6.45) is 1.85. The lowest BCUT2D eigenvalue weighted by Crippen LogP contribution is -2.49. The average molecular weight is 666 g/mol. The predicted molar refractivity (Wildman–Crippen MR) is 218 cm³/mol. The van der Waals surface area contributed by atoms with Crippen LogP contribution >= 0.6 is 0 Å². The van der Waals surface area contributed by atoms with E-state index in [-0.39, 0.29) is 0 Å². The van der Waals surface area contributed by atoms with Gasteiger partial charge in [-0.05, 0) is 78.8 Å². The first-order valence-electron chi connectivity index (χ1n) is 17.6. The number of rotatable bonds is 2. The molecule has 10 aromatic rings. The fourth-order valence-corrected chi connectivity index (χ4v) is 11.8. The molecular weight excluding hydrogens is 635 g/mol. The van der Waals surface area contributed by atoms with Crippen molar-refractivity contribution in [2.45, 2.75) is 13.1 Å². The van der Waals surface area contributed by atoms with Gasteiger partial charge in [0.15, 0.2) is 0 Å². The van der Waals surface area contributed by atoms with Crippen LogP contribution in [-0.2, 0) is 0 Å². The summed E-state index contributed by atoms with van der Waals surface area (Å²) in [6.45, 7) is 4.96. The van der Waals surface area contributed by atoms with E-state index >= 15 is 0 Å². The largest absolute Gasteiger partial charge is 0.254 e. The molecule has 0 saturated carbocycles. The van der Waals surface area contributed by atoms with Crippen molar-refractivity contribution in [3.8, 4) is 33.6 Å². The number of hydrogen-bond acceptors (Lipinski definition) is 3. The van der Waals surface area contributed by atoms with Crippen LogP contribution in [0.15, 0.2) is 152 Å². The van der Waals surface area contributed by atoms with Gasteiger partial charge >= 0.3 is 0 Å². The second kappa shape index (κ2) is 10.4. The minimum atomic E-state index is -1.83. The van der Waals surface area contributed by atoms with E-state index in [4.69, 9.17) is 15.0 Å². The Hall–Kier alpha value is -6.23. The Morgan fingerprint density at radius 3 is 1.96 bits per heavy atom. The molecule has 3 aromatic heterocycles. The van der Waals surface area contributed by atoms with E-state index in [2.05, 4.69) is 153 Å². The van der Waals surface area contributed by atoms with Crippen LogP contribution in [-0.4, -0.2) is 23.0 Å². The third-order valence-electron chi connectivity index (χ3n) is 11.3. The average Bonchev–Trinajstić information content (AvgIpc) is 3.42. The third kappa shape index (κ3) is 4.02. The molecule has 0 radical (unpaired) electrons. The van der Waals surface area contributed by atoms with E-state index in [1.54, 1.807) is 0 Å². The van der Waals surface area contributed by atoms with Gasteiger partial charge in [0.25, 0.3) is 0 Å². The molecule has 3 nitrogen and oxygen atoms in total. The van der Waals surface area contributed by atoms with E-state index in [0.29, 0.717) is 0 Å². The van der Waals surface area contributed by atoms with Crippen LogP contribution < -0.4 is 10.4 Å². The molecule has 4 heteroatoms. The van der Waals surface area contributed by atoms with Crippen molar-refractivity contribution >= 4 is 83.5 Å². The molecule has 11 rings (SSSR count). The summed E-state index contributed by atoms with van der Waals surface area (Å²) in [7, 11) is -1.83. The van der Waals surface area contributed by atoms with Crippen molar-refractivity contribution in [2.24, 2.45) is 0 Å². The van der Waals surface area contributed by atoms with Crippen LogP contribution in [0.2, 0.25) is 13.1 Å². The fourth-order valence-electron chi connectivity index (χ4n) is 8.78. The molecule has 0 N–H and O–H groups in total. The topological polar surface area (TPSA) is 38.7 Å². The minimum Gasteiger partial charge on any atom is -0.254 e. The second-order valence-corrected chi connectivity index (χ2v) is 18.7. The molecule has 0 spiro atoms. The van der Waals surface area contributed by atoms with Gasteiger partial charge in [-0.2, -0.15) is 0 Å². The monoisotopic (exact) mass is 665 g/mol. The molecule has 0 fully saturated rings. The number of nitrogens with zero attached hydrogens (tertiary/aromatic N) is 3. The smallest absolute Gasteiger partial charge is 0.113 e. The molecule has 0 atom stereocenters. The van der Waals surface area contributed by atoms with Crippen molar-refractivity contribution in [3.63, 3.8) is 0 Å². The molecule has 0 unspecified atom stereocenters. The Kier molecular flexibility index (Phi) is 5.83. The molecule has 51 heavy (non-hydrogen) atoms. The highest BCUT2D eigenvalue weighted by atomic mass is 28.3. The highest BCUT2D eigenvalue weighted by molar-refractivity contribution is 7.04. The Balaban J connectivity index is 1.21. The molecule has 0 saturated heterocycles. The first-order valence-corrected chi connectivity index (χ1v) is 20.6. The van der Waals surface area contributed by atoms with Crippen LogP contribution in [0.25, 0.3) is 98.7 Å². The van der Waals surface area contributed by atoms with Gasteiger partial charge in [0.1, 0.15) is 8.07 Å². The first-order chi connectivity index (χ1) is 25.0. The first kappa shape index (κ1) is 28.6. The van der Waals surface area contributed by atoms with Crippen molar-refractivity contribution < 1.29 is 0 Å². The summed E-state index contributed by atoms with van der Waals surface area (Å²) in [5, 5.41) is 13.6. The van der Waals surface area contributed by atoms with Crippen molar-refractivity contribution in [2.75, 3.05) is 0 Å². The van der Waals surface area contributed by atoms with Crippen LogP contribution in [0.4, 0.5) is 0 Å². The Morgan fingerprint density at radius 2 is 1.12 bits per heavy atom. The number of hydrogen-bond donors (Lipinski definition) is 0.